The number of aromatic amines is 1. The van der Waals surface area contributed by atoms with Crippen LogP contribution in [0.3, 0.4) is 0 Å². The Balaban J connectivity index is 1.91. The van der Waals surface area contributed by atoms with Crippen LogP contribution in [0.25, 0.3) is 11.1 Å². The third-order valence-electron chi connectivity index (χ3n) is 3.99. The van der Waals surface area contributed by atoms with E-state index in [0.29, 0.717) is 29.4 Å². The summed E-state index contributed by atoms with van der Waals surface area (Å²) in [4.78, 5) is 14.4. The van der Waals surface area contributed by atoms with Crippen molar-refractivity contribution in [2.45, 2.75) is 20.4 Å². The average molecular weight is 325 g/mol. The molecule has 1 aromatic carbocycles. The van der Waals surface area contributed by atoms with Crippen molar-refractivity contribution in [2.75, 3.05) is 12.8 Å². The van der Waals surface area contributed by atoms with Gasteiger partial charge in [0.2, 0.25) is 0 Å². The van der Waals surface area contributed by atoms with Gasteiger partial charge in [0.1, 0.15) is 11.5 Å². The van der Waals surface area contributed by atoms with E-state index in [1.165, 1.54) is 0 Å². The molecule has 0 bridgehead atoms. The second-order valence-corrected chi connectivity index (χ2v) is 5.69. The standard InChI is InChI=1S/C17H19N5O2/c1-10-13(11(2)24-21-10)9-22(3)17(23)15-14(16(18)20-19-15)12-7-5-4-6-8-12/h4-8H,9H2,1-3H3,(H3,18,19,20). The number of benzene rings is 1. The fraction of sp³-hybridized carbons (Fsp3) is 0.235. The van der Waals surface area contributed by atoms with Gasteiger partial charge in [-0.3, -0.25) is 9.89 Å². The molecule has 0 saturated heterocycles. The number of hydrogen-bond acceptors (Lipinski definition) is 5. The van der Waals surface area contributed by atoms with E-state index >= 15 is 0 Å². The lowest BCUT2D eigenvalue weighted by Gasteiger charge is -2.17. The van der Waals surface area contributed by atoms with Crippen molar-refractivity contribution < 1.29 is 9.32 Å². The van der Waals surface area contributed by atoms with Crippen LogP contribution < -0.4 is 5.73 Å². The Labute approximate surface area is 139 Å². The first-order valence-corrected chi connectivity index (χ1v) is 7.55. The van der Waals surface area contributed by atoms with Gasteiger partial charge in [-0.2, -0.15) is 5.10 Å². The summed E-state index contributed by atoms with van der Waals surface area (Å²) in [5.41, 5.74) is 9.47. The Hall–Kier alpha value is -3.09. The number of anilines is 1. The molecule has 0 radical (unpaired) electrons. The van der Waals surface area contributed by atoms with E-state index < -0.39 is 0 Å². The van der Waals surface area contributed by atoms with E-state index in [1.807, 2.05) is 44.2 Å². The number of nitrogen functional groups attached to an aromatic ring is 1. The predicted octanol–water partition coefficient (Wildman–Crippen LogP) is 2.54. The van der Waals surface area contributed by atoms with Crippen LogP contribution in [0.4, 0.5) is 5.82 Å². The molecule has 1 amide bonds. The Bertz CT molecular complexity index is 847. The Kier molecular flexibility index (Phi) is 4.07. The molecule has 3 aromatic rings. The summed E-state index contributed by atoms with van der Waals surface area (Å²) in [5, 5.41) is 10.7. The van der Waals surface area contributed by atoms with E-state index in [-0.39, 0.29) is 5.91 Å². The largest absolute Gasteiger partial charge is 0.382 e. The Morgan fingerprint density at radius 2 is 2.00 bits per heavy atom. The maximum atomic E-state index is 12.8. The lowest BCUT2D eigenvalue weighted by atomic mass is 10.0. The molecule has 2 heterocycles. The highest BCUT2D eigenvalue weighted by Crippen LogP contribution is 2.28. The molecule has 124 valence electrons. The maximum absolute atomic E-state index is 12.8. The summed E-state index contributed by atoms with van der Waals surface area (Å²) in [7, 11) is 1.72. The molecule has 0 aliphatic rings. The summed E-state index contributed by atoms with van der Waals surface area (Å²) < 4.78 is 5.15. The monoisotopic (exact) mass is 325 g/mol. The number of H-pyrrole nitrogens is 1. The fourth-order valence-electron chi connectivity index (χ4n) is 2.64. The lowest BCUT2D eigenvalue weighted by molar-refractivity contribution is 0.0779. The smallest absolute Gasteiger partial charge is 0.272 e. The number of amides is 1. The van der Waals surface area contributed by atoms with Gasteiger partial charge in [0.05, 0.1) is 17.8 Å². The second kappa shape index (κ2) is 6.19. The molecule has 7 nitrogen and oxygen atoms in total. The summed E-state index contributed by atoms with van der Waals surface area (Å²) in [6.45, 7) is 4.08. The summed E-state index contributed by atoms with van der Waals surface area (Å²) in [6, 6.07) is 9.48. The van der Waals surface area contributed by atoms with Crippen LogP contribution >= 0.6 is 0 Å². The van der Waals surface area contributed by atoms with Crippen molar-refractivity contribution in [1.82, 2.24) is 20.3 Å². The highest BCUT2D eigenvalue weighted by molar-refractivity contribution is 6.01. The van der Waals surface area contributed by atoms with Crippen LogP contribution in [0.5, 0.6) is 0 Å². The minimum Gasteiger partial charge on any atom is -0.382 e. The summed E-state index contributed by atoms with van der Waals surface area (Å²) in [6.07, 6.45) is 0. The van der Waals surface area contributed by atoms with Crippen molar-refractivity contribution in [3.05, 3.63) is 53.0 Å². The molecule has 0 aliphatic carbocycles. The van der Waals surface area contributed by atoms with Crippen molar-refractivity contribution in [2.24, 2.45) is 0 Å². The second-order valence-electron chi connectivity index (χ2n) is 5.69. The first-order chi connectivity index (χ1) is 11.5. The normalized spacial score (nSPS) is 10.8. The third kappa shape index (κ3) is 2.76. The molecule has 3 N–H and O–H groups in total. The van der Waals surface area contributed by atoms with Crippen molar-refractivity contribution >= 4 is 11.7 Å². The van der Waals surface area contributed by atoms with E-state index in [9.17, 15) is 4.79 Å². The van der Waals surface area contributed by atoms with Crippen LogP contribution in [0.15, 0.2) is 34.9 Å². The third-order valence-corrected chi connectivity index (χ3v) is 3.99. The van der Waals surface area contributed by atoms with Gasteiger partial charge in [0.25, 0.3) is 5.91 Å². The van der Waals surface area contributed by atoms with Crippen molar-refractivity contribution in [3.63, 3.8) is 0 Å². The van der Waals surface area contributed by atoms with Gasteiger partial charge in [-0.1, -0.05) is 35.5 Å². The number of nitrogens with one attached hydrogen (secondary N) is 1. The molecular formula is C17H19N5O2. The molecule has 24 heavy (non-hydrogen) atoms. The van der Waals surface area contributed by atoms with Crippen molar-refractivity contribution in [3.8, 4) is 11.1 Å². The SMILES string of the molecule is Cc1noc(C)c1CN(C)C(=O)c1[nH]nc(N)c1-c1ccccc1. The zero-order valence-corrected chi connectivity index (χ0v) is 13.8. The van der Waals surface area contributed by atoms with Gasteiger partial charge in [0, 0.05) is 12.6 Å². The van der Waals surface area contributed by atoms with Crippen LogP contribution in [0.1, 0.15) is 27.5 Å². The highest BCUT2D eigenvalue weighted by Gasteiger charge is 2.23. The zero-order chi connectivity index (χ0) is 17.3. The maximum Gasteiger partial charge on any atom is 0.272 e. The topological polar surface area (TPSA) is 101 Å². The van der Waals surface area contributed by atoms with E-state index in [0.717, 1.165) is 16.8 Å². The minimum absolute atomic E-state index is 0.196. The van der Waals surface area contributed by atoms with Gasteiger partial charge in [0.15, 0.2) is 5.82 Å². The van der Waals surface area contributed by atoms with Crippen LogP contribution in [0, 0.1) is 13.8 Å². The number of nitrogens with zero attached hydrogens (tertiary/aromatic N) is 3. The van der Waals surface area contributed by atoms with Crippen LogP contribution in [0.2, 0.25) is 0 Å². The molecule has 0 atom stereocenters. The molecule has 2 aromatic heterocycles. The van der Waals surface area contributed by atoms with Gasteiger partial charge in [-0.15, -0.1) is 0 Å². The summed E-state index contributed by atoms with van der Waals surface area (Å²) >= 11 is 0. The molecule has 3 rings (SSSR count). The molecule has 0 spiro atoms. The van der Waals surface area contributed by atoms with Crippen molar-refractivity contribution in [1.29, 1.82) is 0 Å². The number of nitrogens with two attached hydrogens (primary N) is 1. The lowest BCUT2D eigenvalue weighted by Crippen LogP contribution is -2.27. The van der Waals surface area contributed by atoms with E-state index in [4.69, 9.17) is 10.3 Å². The number of aryl methyl sites for hydroxylation is 2. The predicted molar refractivity (Wildman–Crippen MR) is 90.2 cm³/mol. The minimum atomic E-state index is -0.196. The van der Waals surface area contributed by atoms with Gasteiger partial charge < -0.3 is 15.2 Å². The highest BCUT2D eigenvalue weighted by atomic mass is 16.5. The first kappa shape index (κ1) is 15.8. The van der Waals surface area contributed by atoms with Gasteiger partial charge in [-0.25, -0.2) is 0 Å². The van der Waals surface area contributed by atoms with E-state index in [2.05, 4.69) is 15.4 Å². The Morgan fingerprint density at radius 3 is 2.62 bits per heavy atom. The number of rotatable bonds is 4. The number of carbonyl (C=O) groups is 1. The molecule has 0 saturated carbocycles. The average Bonchev–Trinajstić information content (AvgIpc) is 3.12. The van der Waals surface area contributed by atoms with E-state index in [1.54, 1.807) is 11.9 Å². The van der Waals surface area contributed by atoms with Crippen LogP contribution in [-0.2, 0) is 6.54 Å². The van der Waals surface area contributed by atoms with Gasteiger partial charge >= 0.3 is 0 Å². The molecule has 0 aliphatic heterocycles. The first-order valence-electron chi connectivity index (χ1n) is 7.55. The number of aromatic nitrogens is 3. The molecule has 0 unspecified atom stereocenters. The number of hydrogen-bond donors (Lipinski definition) is 2. The summed E-state index contributed by atoms with van der Waals surface area (Å²) in [5.74, 6) is 0.813. The Morgan fingerprint density at radius 1 is 1.29 bits per heavy atom. The molecular weight excluding hydrogens is 306 g/mol. The fourth-order valence-corrected chi connectivity index (χ4v) is 2.64. The zero-order valence-electron chi connectivity index (χ0n) is 13.8. The van der Waals surface area contributed by atoms with Crippen LogP contribution in [-0.4, -0.2) is 33.2 Å². The quantitative estimate of drug-likeness (QED) is 0.767. The molecule has 0 fully saturated rings. The molecule has 7 heteroatoms. The number of carbonyl (C=O) groups excluding carboxylic acids is 1. The van der Waals surface area contributed by atoms with Gasteiger partial charge in [-0.05, 0) is 19.4 Å².